The Morgan fingerprint density at radius 1 is 1.14 bits per heavy atom. The Balaban J connectivity index is 1.50. The predicted molar refractivity (Wildman–Crippen MR) is 117 cm³/mol. The molecule has 5 heteroatoms. The van der Waals surface area contributed by atoms with Gasteiger partial charge in [-0.2, -0.15) is 0 Å². The molecule has 0 aliphatic carbocycles. The molecule has 1 amide bonds. The molecule has 2 aromatic carbocycles. The summed E-state index contributed by atoms with van der Waals surface area (Å²) in [5.41, 5.74) is 2.26. The highest BCUT2D eigenvalue weighted by Crippen LogP contribution is 2.27. The van der Waals surface area contributed by atoms with Gasteiger partial charge in [0.2, 0.25) is 5.91 Å². The molecule has 150 valence electrons. The number of likely N-dealkylation sites (tertiary alicyclic amines) is 1. The fourth-order valence-corrected chi connectivity index (χ4v) is 4.30. The van der Waals surface area contributed by atoms with Crippen LogP contribution in [-0.2, 0) is 17.8 Å². The molecule has 0 spiro atoms. The van der Waals surface area contributed by atoms with E-state index in [1.807, 2.05) is 24.3 Å². The smallest absolute Gasteiger partial charge is 0.224 e. The Hall–Kier alpha value is -1.55. The van der Waals surface area contributed by atoms with E-state index < -0.39 is 0 Å². The molecule has 1 aliphatic rings. The molecule has 1 heterocycles. The summed E-state index contributed by atoms with van der Waals surface area (Å²) in [5.74, 6) is 0.185. The molecule has 3 nitrogen and oxygen atoms in total. The number of halogens is 2. The Bertz CT molecular complexity index is 761. The maximum atomic E-state index is 12.8. The van der Waals surface area contributed by atoms with Crippen LogP contribution in [0.5, 0.6) is 0 Å². The van der Waals surface area contributed by atoms with E-state index >= 15 is 0 Å². The largest absolute Gasteiger partial charge is 0.353 e. The monoisotopic (exact) mass is 418 g/mol. The van der Waals surface area contributed by atoms with Gasteiger partial charge in [-0.25, -0.2) is 0 Å². The number of nitrogens with one attached hydrogen (secondary N) is 1. The summed E-state index contributed by atoms with van der Waals surface area (Å²) in [6, 6.07) is 16.2. The van der Waals surface area contributed by atoms with E-state index in [1.54, 1.807) is 0 Å². The van der Waals surface area contributed by atoms with Crippen LogP contribution in [0, 0.1) is 5.92 Å². The van der Waals surface area contributed by atoms with Crippen LogP contribution in [0.4, 0.5) is 0 Å². The van der Waals surface area contributed by atoms with E-state index in [4.69, 9.17) is 23.2 Å². The van der Waals surface area contributed by atoms with Crippen molar-refractivity contribution >= 4 is 29.1 Å². The van der Waals surface area contributed by atoms with Crippen molar-refractivity contribution in [2.75, 3.05) is 13.1 Å². The van der Waals surface area contributed by atoms with Gasteiger partial charge in [-0.05, 0) is 56.8 Å². The van der Waals surface area contributed by atoms with Crippen LogP contribution in [-0.4, -0.2) is 29.9 Å². The second kappa shape index (κ2) is 10.3. The molecule has 0 bridgehead atoms. The third-order valence-electron chi connectivity index (χ3n) is 5.42. The maximum Gasteiger partial charge on any atom is 0.224 e. The van der Waals surface area contributed by atoms with Gasteiger partial charge in [-0.3, -0.25) is 9.69 Å². The lowest BCUT2D eigenvalue weighted by Gasteiger charge is -2.33. The summed E-state index contributed by atoms with van der Waals surface area (Å²) in [5, 5.41) is 4.59. The Morgan fingerprint density at radius 3 is 2.57 bits per heavy atom. The number of carbonyl (C=O) groups excluding carboxylic acids is 1. The molecule has 0 saturated carbocycles. The van der Waals surface area contributed by atoms with Gasteiger partial charge in [-0.15, -0.1) is 0 Å². The topological polar surface area (TPSA) is 32.3 Å². The van der Waals surface area contributed by atoms with Gasteiger partial charge in [0.05, 0.1) is 5.92 Å². The summed E-state index contributed by atoms with van der Waals surface area (Å²) < 4.78 is 0. The molecule has 1 saturated heterocycles. The number of aryl methyl sites for hydroxylation is 1. The number of piperidine rings is 1. The molecule has 1 N–H and O–H groups in total. The van der Waals surface area contributed by atoms with E-state index in [1.165, 1.54) is 5.56 Å². The first-order chi connectivity index (χ1) is 13.5. The van der Waals surface area contributed by atoms with Crippen LogP contribution >= 0.6 is 23.2 Å². The van der Waals surface area contributed by atoms with Crippen LogP contribution in [0.3, 0.4) is 0 Å². The van der Waals surface area contributed by atoms with Crippen molar-refractivity contribution in [3.8, 4) is 0 Å². The minimum absolute atomic E-state index is 0.0224. The fourth-order valence-electron chi connectivity index (χ4n) is 3.78. The molecular formula is C23H28Cl2N2O. The van der Waals surface area contributed by atoms with Crippen molar-refractivity contribution in [3.05, 3.63) is 69.7 Å². The highest BCUT2D eigenvalue weighted by Gasteiger charge is 2.27. The van der Waals surface area contributed by atoms with Gasteiger partial charge in [0, 0.05) is 34.7 Å². The third kappa shape index (κ3) is 5.97. The van der Waals surface area contributed by atoms with Crippen LogP contribution in [0.15, 0.2) is 48.5 Å². The van der Waals surface area contributed by atoms with Gasteiger partial charge < -0.3 is 5.32 Å². The second-order valence-electron chi connectivity index (χ2n) is 7.71. The van der Waals surface area contributed by atoms with Crippen LogP contribution in [0.1, 0.15) is 37.3 Å². The van der Waals surface area contributed by atoms with Crippen molar-refractivity contribution < 1.29 is 4.79 Å². The van der Waals surface area contributed by atoms with Crippen molar-refractivity contribution in [3.63, 3.8) is 0 Å². The molecule has 2 aromatic rings. The van der Waals surface area contributed by atoms with E-state index in [9.17, 15) is 4.79 Å². The van der Waals surface area contributed by atoms with Gasteiger partial charge in [0.15, 0.2) is 0 Å². The van der Waals surface area contributed by atoms with E-state index in [0.717, 1.165) is 44.3 Å². The van der Waals surface area contributed by atoms with Crippen molar-refractivity contribution in [1.29, 1.82) is 0 Å². The zero-order chi connectivity index (χ0) is 19.9. The number of carbonyl (C=O) groups is 1. The molecule has 3 rings (SSSR count). The van der Waals surface area contributed by atoms with Gasteiger partial charge in [0.25, 0.3) is 0 Å². The van der Waals surface area contributed by atoms with Gasteiger partial charge in [-0.1, -0.05) is 59.6 Å². The van der Waals surface area contributed by atoms with Crippen LogP contribution in [0.2, 0.25) is 10.0 Å². The molecular weight excluding hydrogens is 391 g/mol. The molecule has 2 unspecified atom stereocenters. The summed E-state index contributed by atoms with van der Waals surface area (Å²) in [6.07, 6.45) is 3.87. The van der Waals surface area contributed by atoms with E-state index in [0.29, 0.717) is 16.6 Å². The first kappa shape index (κ1) is 21.2. The van der Waals surface area contributed by atoms with Crippen molar-refractivity contribution in [2.45, 2.75) is 45.2 Å². The molecule has 0 aromatic heterocycles. The van der Waals surface area contributed by atoms with Crippen molar-refractivity contribution in [2.24, 2.45) is 5.92 Å². The minimum atomic E-state index is 0.0224. The molecule has 28 heavy (non-hydrogen) atoms. The van der Waals surface area contributed by atoms with Crippen LogP contribution < -0.4 is 5.32 Å². The van der Waals surface area contributed by atoms with Gasteiger partial charge in [0.1, 0.15) is 0 Å². The minimum Gasteiger partial charge on any atom is -0.353 e. The first-order valence-electron chi connectivity index (χ1n) is 10.0. The number of benzene rings is 2. The Kier molecular flexibility index (Phi) is 7.78. The average molecular weight is 419 g/mol. The van der Waals surface area contributed by atoms with E-state index in [-0.39, 0.29) is 17.9 Å². The van der Waals surface area contributed by atoms with Crippen LogP contribution in [0.25, 0.3) is 0 Å². The molecule has 0 radical (unpaired) electrons. The number of rotatable bonds is 7. The fraction of sp³-hybridized carbons (Fsp3) is 0.435. The highest BCUT2D eigenvalue weighted by molar-refractivity contribution is 6.35. The normalized spacial score (nSPS) is 18.6. The average Bonchev–Trinajstić information content (AvgIpc) is 2.70. The van der Waals surface area contributed by atoms with Gasteiger partial charge >= 0.3 is 0 Å². The first-order valence-corrected chi connectivity index (χ1v) is 10.8. The molecule has 1 aliphatic heterocycles. The van der Waals surface area contributed by atoms with Crippen molar-refractivity contribution in [1.82, 2.24) is 10.2 Å². The number of hydrogen-bond donors (Lipinski definition) is 1. The SMILES string of the molecule is CC(CCc1ccccc1)NC(=O)C1CCCN(Cc2c(Cl)cccc2Cl)C1. The zero-order valence-corrected chi connectivity index (χ0v) is 17.8. The predicted octanol–water partition coefficient (Wildman–Crippen LogP) is 5.34. The number of nitrogens with zero attached hydrogens (tertiary/aromatic N) is 1. The lowest BCUT2D eigenvalue weighted by Crippen LogP contribution is -2.45. The standard InChI is InChI=1S/C23H28Cl2N2O/c1-17(12-13-18-7-3-2-4-8-18)26-23(28)19-9-6-14-27(15-19)16-20-21(24)10-5-11-22(20)25/h2-5,7-8,10-11,17,19H,6,9,12-16H2,1H3,(H,26,28). The molecule has 2 atom stereocenters. The second-order valence-corrected chi connectivity index (χ2v) is 8.52. The number of amides is 1. The number of hydrogen-bond acceptors (Lipinski definition) is 2. The quantitative estimate of drug-likeness (QED) is 0.657. The third-order valence-corrected chi connectivity index (χ3v) is 6.13. The lowest BCUT2D eigenvalue weighted by atomic mass is 9.96. The Morgan fingerprint density at radius 2 is 1.86 bits per heavy atom. The maximum absolute atomic E-state index is 12.8. The summed E-state index contributed by atoms with van der Waals surface area (Å²) >= 11 is 12.6. The molecule has 1 fully saturated rings. The lowest BCUT2D eigenvalue weighted by molar-refractivity contribution is -0.127. The summed E-state index contributed by atoms with van der Waals surface area (Å²) in [7, 11) is 0. The summed E-state index contributed by atoms with van der Waals surface area (Å²) in [4.78, 5) is 15.0. The van der Waals surface area contributed by atoms with E-state index in [2.05, 4.69) is 41.4 Å². The highest BCUT2D eigenvalue weighted by atomic mass is 35.5. The summed E-state index contributed by atoms with van der Waals surface area (Å²) in [6.45, 7) is 4.49. The Labute approximate surface area is 178 Å². The zero-order valence-electron chi connectivity index (χ0n) is 16.3.